The number of ketones is 1. The van der Waals surface area contributed by atoms with Gasteiger partial charge in [-0.2, -0.15) is 0 Å². The molecule has 0 atom stereocenters. The van der Waals surface area contributed by atoms with Crippen LogP contribution in [0.15, 0.2) is 24.3 Å². The second kappa shape index (κ2) is 8.32. The molecule has 0 unspecified atom stereocenters. The Balaban J connectivity index is 2.47. The van der Waals surface area contributed by atoms with E-state index in [9.17, 15) is 9.59 Å². The predicted molar refractivity (Wildman–Crippen MR) is 76.3 cm³/mol. The number of para-hydroxylation sites is 1. The first kappa shape index (κ1) is 16.2. The topological polar surface area (TPSA) is 66.8 Å². The number of hydrogen-bond acceptors (Lipinski definition) is 4. The van der Waals surface area contributed by atoms with E-state index in [0.29, 0.717) is 31.0 Å². The Morgan fingerprint density at radius 1 is 1.25 bits per heavy atom. The van der Waals surface area contributed by atoms with E-state index in [1.54, 1.807) is 18.2 Å². The van der Waals surface area contributed by atoms with Gasteiger partial charge in [0, 0.05) is 13.1 Å². The van der Waals surface area contributed by atoms with E-state index >= 15 is 0 Å². The zero-order valence-electron chi connectivity index (χ0n) is 12.0. The molecule has 1 aromatic carbocycles. The highest BCUT2D eigenvalue weighted by Crippen LogP contribution is 2.18. The fraction of sp³-hybridized carbons (Fsp3) is 0.467. The van der Waals surface area contributed by atoms with Crippen LogP contribution in [0, 0.1) is 0 Å². The van der Waals surface area contributed by atoms with Crippen molar-refractivity contribution in [2.24, 2.45) is 0 Å². The van der Waals surface area contributed by atoms with Crippen molar-refractivity contribution in [3.05, 3.63) is 29.8 Å². The molecule has 1 aromatic rings. The fourth-order valence-electron chi connectivity index (χ4n) is 1.85. The lowest BCUT2D eigenvalue weighted by molar-refractivity contribution is -0.137. The third kappa shape index (κ3) is 5.40. The molecule has 0 aromatic heterocycles. The number of likely N-dealkylation sites (N-methyl/N-ethyl adjacent to an activating group) is 1. The Labute approximate surface area is 119 Å². The maximum absolute atomic E-state index is 11.4. The third-order valence-corrected chi connectivity index (χ3v) is 3.02. The van der Waals surface area contributed by atoms with Gasteiger partial charge in [-0.3, -0.25) is 14.5 Å². The molecule has 110 valence electrons. The largest absolute Gasteiger partial charge is 0.491 e. The summed E-state index contributed by atoms with van der Waals surface area (Å²) in [6.07, 6.45) is 0.123. The van der Waals surface area contributed by atoms with E-state index in [-0.39, 0.29) is 12.2 Å². The number of rotatable bonds is 9. The van der Waals surface area contributed by atoms with Gasteiger partial charge >= 0.3 is 5.97 Å². The van der Waals surface area contributed by atoms with Gasteiger partial charge in [0.25, 0.3) is 0 Å². The van der Waals surface area contributed by atoms with Crippen molar-refractivity contribution in [3.8, 4) is 5.75 Å². The Morgan fingerprint density at radius 3 is 2.55 bits per heavy atom. The second-order valence-electron chi connectivity index (χ2n) is 4.48. The van der Waals surface area contributed by atoms with Gasteiger partial charge in [0.15, 0.2) is 5.78 Å². The first-order valence-corrected chi connectivity index (χ1v) is 6.71. The van der Waals surface area contributed by atoms with Crippen molar-refractivity contribution >= 4 is 11.8 Å². The van der Waals surface area contributed by atoms with Crippen molar-refractivity contribution in [1.82, 2.24) is 4.90 Å². The highest BCUT2D eigenvalue weighted by molar-refractivity contribution is 5.96. The van der Waals surface area contributed by atoms with Crippen molar-refractivity contribution in [2.45, 2.75) is 20.3 Å². The van der Waals surface area contributed by atoms with Gasteiger partial charge in [-0.1, -0.05) is 19.1 Å². The highest BCUT2D eigenvalue weighted by Gasteiger charge is 2.09. The molecule has 0 bridgehead atoms. The quantitative estimate of drug-likeness (QED) is 0.701. The molecule has 0 radical (unpaired) electrons. The van der Waals surface area contributed by atoms with Gasteiger partial charge in [0.1, 0.15) is 12.4 Å². The van der Waals surface area contributed by atoms with E-state index in [4.69, 9.17) is 9.84 Å². The maximum atomic E-state index is 11.4. The number of carbonyl (C=O) groups is 2. The second-order valence-corrected chi connectivity index (χ2v) is 4.48. The summed E-state index contributed by atoms with van der Waals surface area (Å²) < 4.78 is 5.63. The lowest BCUT2D eigenvalue weighted by Gasteiger charge is -2.19. The van der Waals surface area contributed by atoms with Crippen LogP contribution >= 0.6 is 0 Å². The van der Waals surface area contributed by atoms with E-state index in [1.165, 1.54) is 6.92 Å². The van der Waals surface area contributed by atoms with E-state index in [1.807, 2.05) is 17.9 Å². The fourth-order valence-corrected chi connectivity index (χ4v) is 1.85. The minimum Gasteiger partial charge on any atom is -0.491 e. The number of benzene rings is 1. The number of ether oxygens (including phenoxy) is 1. The number of Topliss-reactive ketones (excluding diaryl/α,β-unsaturated/α-hetero) is 1. The number of nitrogens with zero attached hydrogens (tertiary/aromatic N) is 1. The first-order valence-electron chi connectivity index (χ1n) is 6.71. The van der Waals surface area contributed by atoms with Crippen LogP contribution in [0.4, 0.5) is 0 Å². The van der Waals surface area contributed by atoms with E-state index in [0.717, 1.165) is 6.54 Å². The Hall–Kier alpha value is -1.88. The normalized spacial score (nSPS) is 10.6. The van der Waals surface area contributed by atoms with Gasteiger partial charge in [-0.25, -0.2) is 0 Å². The predicted octanol–water partition coefficient (Wildman–Crippen LogP) is 2.06. The summed E-state index contributed by atoms with van der Waals surface area (Å²) in [5, 5.41) is 8.66. The average Bonchev–Trinajstić information content (AvgIpc) is 2.42. The third-order valence-electron chi connectivity index (χ3n) is 3.02. The van der Waals surface area contributed by atoms with Gasteiger partial charge in [-0.05, 0) is 25.6 Å². The van der Waals surface area contributed by atoms with Crippen molar-refractivity contribution < 1.29 is 19.4 Å². The summed E-state index contributed by atoms with van der Waals surface area (Å²) >= 11 is 0. The minimum atomic E-state index is -0.800. The summed E-state index contributed by atoms with van der Waals surface area (Å²) in [5.41, 5.74) is 0.570. The molecule has 0 amide bonds. The van der Waals surface area contributed by atoms with Crippen molar-refractivity contribution in [1.29, 1.82) is 0 Å². The van der Waals surface area contributed by atoms with Crippen molar-refractivity contribution in [2.75, 3.05) is 26.2 Å². The van der Waals surface area contributed by atoms with Crippen LogP contribution in [0.25, 0.3) is 0 Å². The summed E-state index contributed by atoms with van der Waals surface area (Å²) in [6.45, 7) is 5.82. The summed E-state index contributed by atoms with van der Waals surface area (Å²) in [5.74, 6) is -0.251. The molecule has 0 aliphatic rings. The number of carboxylic acids is 1. The lowest BCUT2D eigenvalue weighted by atomic mass is 10.1. The Kier molecular flexibility index (Phi) is 6.73. The highest BCUT2D eigenvalue weighted by atomic mass is 16.5. The molecule has 5 nitrogen and oxygen atoms in total. The van der Waals surface area contributed by atoms with Crippen LogP contribution < -0.4 is 4.74 Å². The van der Waals surface area contributed by atoms with Gasteiger partial charge < -0.3 is 9.84 Å². The number of carbonyl (C=O) groups excluding carboxylic acids is 1. The average molecular weight is 279 g/mol. The molecule has 20 heavy (non-hydrogen) atoms. The van der Waals surface area contributed by atoms with Crippen LogP contribution in [0.3, 0.4) is 0 Å². The SMILES string of the molecule is CCN(CCOc1ccccc1C(C)=O)CCC(=O)O. The molecule has 0 spiro atoms. The first-order chi connectivity index (χ1) is 9.54. The van der Waals surface area contributed by atoms with Crippen LogP contribution in [-0.4, -0.2) is 48.0 Å². The smallest absolute Gasteiger partial charge is 0.304 e. The maximum Gasteiger partial charge on any atom is 0.304 e. The lowest BCUT2D eigenvalue weighted by Crippen LogP contribution is -2.30. The number of carboxylic acid groups (broad SMARTS) is 1. The van der Waals surface area contributed by atoms with Crippen LogP contribution in [0.2, 0.25) is 0 Å². The molecule has 5 heteroatoms. The van der Waals surface area contributed by atoms with Gasteiger partial charge in [-0.15, -0.1) is 0 Å². The molecule has 0 saturated carbocycles. The number of hydrogen-bond donors (Lipinski definition) is 1. The van der Waals surface area contributed by atoms with Crippen LogP contribution in [0.1, 0.15) is 30.6 Å². The molecule has 0 heterocycles. The Morgan fingerprint density at radius 2 is 1.95 bits per heavy atom. The molecule has 0 aliphatic carbocycles. The monoisotopic (exact) mass is 279 g/mol. The molecular weight excluding hydrogens is 258 g/mol. The zero-order valence-corrected chi connectivity index (χ0v) is 12.0. The molecule has 1 rings (SSSR count). The zero-order chi connectivity index (χ0) is 15.0. The van der Waals surface area contributed by atoms with E-state index in [2.05, 4.69) is 0 Å². The summed E-state index contributed by atoms with van der Waals surface area (Å²) in [6, 6.07) is 7.13. The molecule has 0 aliphatic heterocycles. The minimum absolute atomic E-state index is 0.0289. The van der Waals surface area contributed by atoms with Crippen LogP contribution in [-0.2, 0) is 4.79 Å². The summed E-state index contributed by atoms with van der Waals surface area (Å²) in [4.78, 5) is 24.0. The number of aliphatic carboxylic acids is 1. The van der Waals surface area contributed by atoms with Gasteiger partial charge in [0.2, 0.25) is 0 Å². The standard InChI is InChI=1S/C15H21NO4/c1-3-16(9-8-15(18)19)10-11-20-14-7-5-4-6-13(14)12(2)17/h4-7H,3,8-11H2,1-2H3,(H,18,19). The molecular formula is C15H21NO4. The molecule has 1 N–H and O–H groups in total. The van der Waals surface area contributed by atoms with Crippen molar-refractivity contribution in [3.63, 3.8) is 0 Å². The van der Waals surface area contributed by atoms with Crippen LogP contribution in [0.5, 0.6) is 5.75 Å². The van der Waals surface area contributed by atoms with E-state index < -0.39 is 5.97 Å². The molecule has 0 fully saturated rings. The Bertz CT molecular complexity index is 459. The molecule has 0 saturated heterocycles. The van der Waals surface area contributed by atoms with Gasteiger partial charge in [0.05, 0.1) is 12.0 Å². The summed E-state index contributed by atoms with van der Waals surface area (Å²) in [7, 11) is 0.